The molecular formula is C12H24N4. The van der Waals surface area contributed by atoms with Gasteiger partial charge in [0.2, 0.25) is 0 Å². The fourth-order valence-corrected chi connectivity index (χ4v) is 1.93. The van der Waals surface area contributed by atoms with Crippen molar-refractivity contribution in [3.63, 3.8) is 0 Å². The van der Waals surface area contributed by atoms with Crippen LogP contribution >= 0.6 is 0 Å². The number of hydrogen-bond acceptors (Lipinski definition) is 3. The van der Waals surface area contributed by atoms with E-state index < -0.39 is 0 Å². The molecule has 16 heavy (non-hydrogen) atoms. The zero-order valence-electron chi connectivity index (χ0n) is 10.7. The standard InChI is InChI=1S/C12H24N4/c1-4-15(5-2)10-8-11(13)12-7-9-14-16(12)6-3/h7,9,11H,4-6,8,10,13H2,1-3H3. The second-order valence-corrected chi connectivity index (χ2v) is 3.99. The minimum Gasteiger partial charge on any atom is -0.323 e. The SMILES string of the molecule is CCN(CC)CCC(N)c1ccnn1CC. The van der Waals surface area contributed by atoms with Crippen LogP contribution < -0.4 is 5.73 Å². The predicted octanol–water partition coefficient (Wildman–Crippen LogP) is 1.63. The lowest BCUT2D eigenvalue weighted by Crippen LogP contribution is -2.27. The van der Waals surface area contributed by atoms with Crippen molar-refractivity contribution in [1.29, 1.82) is 0 Å². The van der Waals surface area contributed by atoms with Gasteiger partial charge in [-0.15, -0.1) is 0 Å². The number of hydrogen-bond donors (Lipinski definition) is 1. The normalized spacial score (nSPS) is 13.3. The molecule has 0 aromatic carbocycles. The van der Waals surface area contributed by atoms with Crippen molar-refractivity contribution < 1.29 is 0 Å². The van der Waals surface area contributed by atoms with E-state index in [2.05, 4.69) is 30.8 Å². The highest BCUT2D eigenvalue weighted by Crippen LogP contribution is 2.13. The van der Waals surface area contributed by atoms with E-state index in [4.69, 9.17) is 5.73 Å². The van der Waals surface area contributed by atoms with Crippen LogP contribution in [0.2, 0.25) is 0 Å². The third-order valence-corrected chi connectivity index (χ3v) is 3.08. The smallest absolute Gasteiger partial charge is 0.0551 e. The van der Waals surface area contributed by atoms with Gasteiger partial charge in [0, 0.05) is 18.8 Å². The Kier molecular flexibility index (Phi) is 5.49. The van der Waals surface area contributed by atoms with E-state index >= 15 is 0 Å². The van der Waals surface area contributed by atoms with E-state index in [1.807, 2.05) is 16.9 Å². The molecule has 92 valence electrons. The Morgan fingerprint density at radius 1 is 1.38 bits per heavy atom. The van der Waals surface area contributed by atoms with Gasteiger partial charge in [-0.2, -0.15) is 5.10 Å². The van der Waals surface area contributed by atoms with E-state index in [0.717, 1.165) is 38.3 Å². The summed E-state index contributed by atoms with van der Waals surface area (Å²) >= 11 is 0. The topological polar surface area (TPSA) is 47.1 Å². The van der Waals surface area contributed by atoms with E-state index in [9.17, 15) is 0 Å². The summed E-state index contributed by atoms with van der Waals surface area (Å²) in [6, 6.07) is 2.12. The molecule has 2 N–H and O–H groups in total. The molecule has 0 amide bonds. The second kappa shape index (κ2) is 6.66. The summed E-state index contributed by atoms with van der Waals surface area (Å²) in [6.07, 6.45) is 2.82. The van der Waals surface area contributed by atoms with Gasteiger partial charge in [-0.3, -0.25) is 4.68 Å². The first-order chi connectivity index (χ1) is 7.72. The van der Waals surface area contributed by atoms with Crippen molar-refractivity contribution in [1.82, 2.24) is 14.7 Å². The van der Waals surface area contributed by atoms with Crippen LogP contribution in [-0.4, -0.2) is 34.3 Å². The fraction of sp³-hybridized carbons (Fsp3) is 0.750. The fourth-order valence-electron chi connectivity index (χ4n) is 1.93. The van der Waals surface area contributed by atoms with Crippen molar-refractivity contribution in [2.75, 3.05) is 19.6 Å². The molecular weight excluding hydrogens is 200 g/mol. The van der Waals surface area contributed by atoms with Gasteiger partial charge < -0.3 is 10.6 Å². The summed E-state index contributed by atoms with van der Waals surface area (Å²) in [7, 11) is 0. The monoisotopic (exact) mass is 224 g/mol. The van der Waals surface area contributed by atoms with Crippen LogP contribution in [0.25, 0.3) is 0 Å². The summed E-state index contributed by atoms with van der Waals surface area (Å²) in [4.78, 5) is 2.40. The van der Waals surface area contributed by atoms with Gasteiger partial charge in [-0.05, 0) is 39.0 Å². The molecule has 1 atom stereocenters. The number of rotatable bonds is 7. The van der Waals surface area contributed by atoms with Crippen LogP contribution in [0.1, 0.15) is 38.9 Å². The summed E-state index contributed by atoms with van der Waals surface area (Å²) in [5.41, 5.74) is 7.33. The molecule has 0 bridgehead atoms. The third kappa shape index (κ3) is 3.32. The molecule has 1 aromatic rings. The number of nitrogens with zero attached hydrogens (tertiary/aromatic N) is 3. The van der Waals surface area contributed by atoms with Crippen LogP contribution in [0.4, 0.5) is 0 Å². The van der Waals surface area contributed by atoms with Gasteiger partial charge in [0.1, 0.15) is 0 Å². The maximum Gasteiger partial charge on any atom is 0.0551 e. The molecule has 0 radical (unpaired) electrons. The highest BCUT2D eigenvalue weighted by molar-refractivity contribution is 5.06. The molecule has 0 saturated carbocycles. The molecule has 0 aliphatic carbocycles. The van der Waals surface area contributed by atoms with Crippen LogP contribution in [0.15, 0.2) is 12.3 Å². The van der Waals surface area contributed by atoms with Crippen LogP contribution in [-0.2, 0) is 6.54 Å². The highest BCUT2D eigenvalue weighted by atomic mass is 15.3. The minimum atomic E-state index is 0.100. The Bertz CT molecular complexity index is 291. The van der Waals surface area contributed by atoms with Crippen molar-refractivity contribution in [2.45, 2.75) is 39.8 Å². The maximum absolute atomic E-state index is 6.19. The van der Waals surface area contributed by atoms with Crippen molar-refractivity contribution in [2.24, 2.45) is 5.73 Å². The summed E-state index contributed by atoms with van der Waals surface area (Å²) in [5, 5.41) is 4.25. The number of aryl methyl sites for hydroxylation is 1. The van der Waals surface area contributed by atoms with E-state index in [0.29, 0.717) is 0 Å². The molecule has 1 unspecified atom stereocenters. The van der Waals surface area contributed by atoms with E-state index in [1.165, 1.54) is 0 Å². The van der Waals surface area contributed by atoms with Gasteiger partial charge in [0.15, 0.2) is 0 Å². The molecule has 0 fully saturated rings. The Balaban J connectivity index is 2.49. The number of nitrogens with two attached hydrogens (primary N) is 1. The van der Waals surface area contributed by atoms with E-state index in [1.54, 1.807) is 0 Å². The van der Waals surface area contributed by atoms with Gasteiger partial charge in [-0.1, -0.05) is 13.8 Å². The zero-order chi connectivity index (χ0) is 12.0. The summed E-state index contributed by atoms with van der Waals surface area (Å²) < 4.78 is 1.98. The first-order valence-corrected chi connectivity index (χ1v) is 6.22. The Labute approximate surface area is 98.4 Å². The Morgan fingerprint density at radius 3 is 2.62 bits per heavy atom. The lowest BCUT2D eigenvalue weighted by atomic mass is 10.1. The second-order valence-electron chi connectivity index (χ2n) is 3.99. The van der Waals surface area contributed by atoms with Crippen LogP contribution in [0, 0.1) is 0 Å². The number of aromatic nitrogens is 2. The lowest BCUT2D eigenvalue weighted by molar-refractivity contribution is 0.288. The zero-order valence-corrected chi connectivity index (χ0v) is 10.7. The van der Waals surface area contributed by atoms with Gasteiger partial charge in [0.05, 0.1) is 5.69 Å². The van der Waals surface area contributed by atoms with E-state index in [-0.39, 0.29) is 6.04 Å². The molecule has 1 heterocycles. The first kappa shape index (κ1) is 13.2. The minimum absolute atomic E-state index is 0.100. The molecule has 1 aromatic heterocycles. The van der Waals surface area contributed by atoms with Crippen molar-refractivity contribution in [3.05, 3.63) is 18.0 Å². The molecule has 4 nitrogen and oxygen atoms in total. The largest absolute Gasteiger partial charge is 0.323 e. The van der Waals surface area contributed by atoms with Crippen molar-refractivity contribution >= 4 is 0 Å². The van der Waals surface area contributed by atoms with Crippen molar-refractivity contribution in [3.8, 4) is 0 Å². The molecule has 0 saturated heterocycles. The lowest BCUT2D eigenvalue weighted by Gasteiger charge is -2.20. The molecule has 1 rings (SSSR count). The first-order valence-electron chi connectivity index (χ1n) is 6.22. The molecule has 0 aliphatic heterocycles. The summed E-state index contributed by atoms with van der Waals surface area (Å²) in [5.74, 6) is 0. The molecule has 0 spiro atoms. The third-order valence-electron chi connectivity index (χ3n) is 3.08. The summed E-state index contributed by atoms with van der Waals surface area (Å²) in [6.45, 7) is 10.6. The maximum atomic E-state index is 6.19. The highest BCUT2D eigenvalue weighted by Gasteiger charge is 2.11. The predicted molar refractivity (Wildman–Crippen MR) is 67.2 cm³/mol. The quantitative estimate of drug-likeness (QED) is 0.766. The van der Waals surface area contributed by atoms with Crippen LogP contribution in [0.5, 0.6) is 0 Å². The average molecular weight is 224 g/mol. The average Bonchev–Trinajstić information content (AvgIpc) is 2.78. The molecule has 0 aliphatic rings. The molecule has 4 heteroatoms. The van der Waals surface area contributed by atoms with Gasteiger partial charge >= 0.3 is 0 Å². The van der Waals surface area contributed by atoms with Crippen LogP contribution in [0.3, 0.4) is 0 Å². The Hall–Kier alpha value is -0.870. The van der Waals surface area contributed by atoms with Gasteiger partial charge in [-0.25, -0.2) is 0 Å². The Morgan fingerprint density at radius 2 is 2.06 bits per heavy atom. The van der Waals surface area contributed by atoms with Gasteiger partial charge in [0.25, 0.3) is 0 Å².